The average Bonchev–Trinajstić information content (AvgIpc) is 2.61. The number of benzene rings is 1. The van der Waals surface area contributed by atoms with E-state index in [1.54, 1.807) is 12.1 Å². The van der Waals surface area contributed by atoms with Crippen LogP contribution in [0.25, 0.3) is 0 Å². The van der Waals surface area contributed by atoms with Crippen molar-refractivity contribution in [2.45, 2.75) is 25.9 Å². The molecule has 0 fully saturated rings. The Balaban J connectivity index is 2.11. The third-order valence-corrected chi connectivity index (χ3v) is 4.44. The highest BCUT2D eigenvalue weighted by Crippen LogP contribution is 2.26. The fourth-order valence-electron chi connectivity index (χ4n) is 2.11. The summed E-state index contributed by atoms with van der Waals surface area (Å²) in [7, 11) is -3.05. The summed E-state index contributed by atoms with van der Waals surface area (Å²) >= 11 is 0. The van der Waals surface area contributed by atoms with Crippen LogP contribution < -0.4 is 5.32 Å². The van der Waals surface area contributed by atoms with E-state index in [4.69, 9.17) is 0 Å². The topological polar surface area (TPSA) is 66.4 Å². The van der Waals surface area contributed by atoms with Gasteiger partial charge in [0.1, 0.15) is 5.75 Å². The molecule has 1 aromatic carbocycles. The molecule has 1 heterocycles. The molecule has 2 N–H and O–H groups in total. The standard InChI is InChI=1S/C13H17NO3S/c1-9-3-4-13(15)12(7-9)10(2)14-11-5-6-18(16,17)8-11/h3-7,10-11,14-15H,8H2,1-2H3. The second-order valence-electron chi connectivity index (χ2n) is 4.72. The number of rotatable bonds is 3. The Morgan fingerprint density at radius 1 is 1.44 bits per heavy atom. The highest BCUT2D eigenvalue weighted by atomic mass is 32.2. The van der Waals surface area contributed by atoms with Gasteiger partial charge in [0.25, 0.3) is 0 Å². The van der Waals surface area contributed by atoms with Crippen LogP contribution in [0.15, 0.2) is 29.7 Å². The van der Waals surface area contributed by atoms with E-state index in [0.29, 0.717) is 0 Å². The molecule has 0 radical (unpaired) electrons. The number of aromatic hydroxyl groups is 1. The van der Waals surface area contributed by atoms with Crippen molar-refractivity contribution in [3.63, 3.8) is 0 Å². The van der Waals surface area contributed by atoms with E-state index in [2.05, 4.69) is 5.32 Å². The van der Waals surface area contributed by atoms with Gasteiger partial charge in [0, 0.05) is 23.1 Å². The lowest BCUT2D eigenvalue weighted by molar-refractivity contribution is 0.448. The first kappa shape index (κ1) is 13.1. The second-order valence-corrected chi connectivity index (χ2v) is 6.65. The Morgan fingerprint density at radius 2 is 2.17 bits per heavy atom. The van der Waals surface area contributed by atoms with E-state index in [9.17, 15) is 13.5 Å². The minimum atomic E-state index is -3.05. The molecule has 1 aromatic rings. The van der Waals surface area contributed by atoms with Crippen LogP contribution in [0.4, 0.5) is 0 Å². The molecule has 2 atom stereocenters. The normalized spacial score (nSPS) is 23.1. The molecule has 0 amide bonds. The molecular formula is C13H17NO3S. The first-order valence-corrected chi connectivity index (χ1v) is 7.55. The molecule has 18 heavy (non-hydrogen) atoms. The van der Waals surface area contributed by atoms with Gasteiger partial charge in [-0.3, -0.25) is 0 Å². The predicted octanol–water partition coefficient (Wildman–Crippen LogP) is 1.66. The molecule has 0 bridgehead atoms. The molecule has 5 heteroatoms. The first-order valence-electron chi connectivity index (χ1n) is 5.84. The summed E-state index contributed by atoms with van der Waals surface area (Å²) in [6, 6.07) is 5.10. The largest absolute Gasteiger partial charge is 0.508 e. The van der Waals surface area contributed by atoms with Gasteiger partial charge in [-0.25, -0.2) is 8.42 Å². The molecule has 0 saturated heterocycles. The van der Waals surface area contributed by atoms with E-state index >= 15 is 0 Å². The van der Waals surface area contributed by atoms with Gasteiger partial charge in [-0.1, -0.05) is 23.8 Å². The van der Waals surface area contributed by atoms with Gasteiger partial charge >= 0.3 is 0 Å². The molecule has 2 rings (SSSR count). The molecule has 2 unspecified atom stereocenters. The summed E-state index contributed by atoms with van der Waals surface area (Å²) in [5.41, 5.74) is 1.85. The minimum Gasteiger partial charge on any atom is -0.508 e. The van der Waals surface area contributed by atoms with Gasteiger partial charge in [-0.2, -0.15) is 0 Å². The van der Waals surface area contributed by atoms with Crippen LogP contribution in [0.5, 0.6) is 5.75 Å². The summed E-state index contributed by atoms with van der Waals surface area (Å²) in [6.45, 7) is 3.86. The van der Waals surface area contributed by atoms with Crippen LogP contribution in [0.2, 0.25) is 0 Å². The van der Waals surface area contributed by atoms with Crippen LogP contribution in [0, 0.1) is 6.92 Å². The van der Waals surface area contributed by atoms with E-state index < -0.39 is 9.84 Å². The smallest absolute Gasteiger partial charge is 0.173 e. The SMILES string of the molecule is Cc1ccc(O)c(C(C)NC2C=CS(=O)(=O)C2)c1. The van der Waals surface area contributed by atoms with Crippen LogP contribution in [0.1, 0.15) is 24.1 Å². The number of aryl methyl sites for hydroxylation is 1. The highest BCUT2D eigenvalue weighted by Gasteiger charge is 2.23. The summed E-state index contributed by atoms with van der Waals surface area (Å²) in [5, 5.41) is 14.2. The quantitative estimate of drug-likeness (QED) is 0.874. The Hall–Kier alpha value is -1.33. The summed E-state index contributed by atoms with van der Waals surface area (Å²) < 4.78 is 22.6. The van der Waals surface area contributed by atoms with Crippen molar-refractivity contribution >= 4 is 9.84 Å². The fraction of sp³-hybridized carbons (Fsp3) is 0.385. The maximum absolute atomic E-state index is 11.3. The number of hydrogen-bond donors (Lipinski definition) is 2. The Morgan fingerprint density at radius 3 is 2.78 bits per heavy atom. The molecule has 1 aliphatic heterocycles. The Kier molecular flexibility index (Phi) is 3.45. The second kappa shape index (κ2) is 4.74. The fourth-order valence-corrected chi connectivity index (χ4v) is 3.36. The van der Waals surface area contributed by atoms with Crippen molar-refractivity contribution in [2.24, 2.45) is 0 Å². The van der Waals surface area contributed by atoms with Crippen molar-refractivity contribution in [3.05, 3.63) is 40.8 Å². The molecule has 0 spiro atoms. The van der Waals surface area contributed by atoms with Gasteiger partial charge in [-0.15, -0.1) is 0 Å². The summed E-state index contributed by atoms with van der Waals surface area (Å²) in [4.78, 5) is 0. The van der Waals surface area contributed by atoms with Gasteiger partial charge < -0.3 is 10.4 Å². The number of hydrogen-bond acceptors (Lipinski definition) is 4. The zero-order valence-corrected chi connectivity index (χ0v) is 11.2. The van der Waals surface area contributed by atoms with E-state index in [0.717, 1.165) is 11.1 Å². The van der Waals surface area contributed by atoms with E-state index in [1.165, 1.54) is 5.41 Å². The molecule has 1 aliphatic rings. The average molecular weight is 267 g/mol. The van der Waals surface area contributed by atoms with Gasteiger partial charge in [0.15, 0.2) is 9.84 Å². The highest BCUT2D eigenvalue weighted by molar-refractivity contribution is 7.94. The predicted molar refractivity (Wildman–Crippen MR) is 71.1 cm³/mol. The zero-order chi connectivity index (χ0) is 13.3. The van der Waals surface area contributed by atoms with Crippen molar-refractivity contribution < 1.29 is 13.5 Å². The van der Waals surface area contributed by atoms with Gasteiger partial charge in [0.2, 0.25) is 0 Å². The Bertz CT molecular complexity index is 578. The van der Waals surface area contributed by atoms with Crippen molar-refractivity contribution in [1.82, 2.24) is 5.32 Å². The summed E-state index contributed by atoms with van der Waals surface area (Å²) in [6.07, 6.45) is 1.65. The van der Waals surface area contributed by atoms with Gasteiger partial charge in [-0.05, 0) is 19.9 Å². The van der Waals surface area contributed by atoms with Crippen molar-refractivity contribution in [3.8, 4) is 5.75 Å². The molecule has 0 aliphatic carbocycles. The number of phenols is 1. The lowest BCUT2D eigenvalue weighted by Crippen LogP contribution is -2.32. The third-order valence-electron chi connectivity index (χ3n) is 3.04. The molecular weight excluding hydrogens is 250 g/mol. The van der Waals surface area contributed by atoms with Crippen LogP contribution in [-0.4, -0.2) is 25.3 Å². The van der Waals surface area contributed by atoms with Crippen molar-refractivity contribution in [1.29, 1.82) is 0 Å². The van der Waals surface area contributed by atoms with Crippen LogP contribution >= 0.6 is 0 Å². The Labute approximate surface area is 107 Å². The van der Waals surface area contributed by atoms with Crippen molar-refractivity contribution in [2.75, 3.05) is 5.75 Å². The van der Waals surface area contributed by atoms with E-state index in [1.807, 2.05) is 26.0 Å². The lowest BCUT2D eigenvalue weighted by Gasteiger charge is -2.19. The molecule has 98 valence electrons. The maximum Gasteiger partial charge on any atom is 0.173 e. The third kappa shape index (κ3) is 2.91. The lowest BCUT2D eigenvalue weighted by atomic mass is 10.0. The van der Waals surface area contributed by atoms with Crippen LogP contribution in [-0.2, 0) is 9.84 Å². The summed E-state index contributed by atoms with van der Waals surface area (Å²) in [5.74, 6) is 0.314. The number of sulfone groups is 1. The molecule has 0 aromatic heterocycles. The monoisotopic (exact) mass is 267 g/mol. The van der Waals surface area contributed by atoms with Gasteiger partial charge in [0.05, 0.1) is 5.75 Å². The number of nitrogens with one attached hydrogen (secondary N) is 1. The van der Waals surface area contributed by atoms with E-state index in [-0.39, 0.29) is 23.6 Å². The number of phenolic OH excluding ortho intramolecular Hbond substituents is 1. The zero-order valence-electron chi connectivity index (χ0n) is 10.4. The van der Waals surface area contributed by atoms with Crippen LogP contribution in [0.3, 0.4) is 0 Å². The molecule has 4 nitrogen and oxygen atoms in total. The minimum absolute atomic E-state index is 0.0872. The first-order chi connectivity index (χ1) is 8.37. The maximum atomic E-state index is 11.3. The molecule has 0 saturated carbocycles.